The lowest BCUT2D eigenvalue weighted by Gasteiger charge is -2.53. The molecular formula is C63H130O12SSi6. The zero-order valence-corrected chi connectivity index (χ0v) is 63.7. The third kappa shape index (κ3) is 37.8. The maximum Gasteiger partial charge on any atom is 0.305 e. The van der Waals surface area contributed by atoms with Crippen molar-refractivity contribution in [1.29, 1.82) is 0 Å². The van der Waals surface area contributed by atoms with Crippen LogP contribution in [-0.2, 0) is 55.1 Å². The molecule has 0 N–H and O–H groups in total. The Morgan fingerprint density at radius 2 is 0.671 bits per heavy atom. The van der Waals surface area contributed by atoms with E-state index >= 15 is 0 Å². The molecule has 0 aromatic heterocycles. The van der Waals surface area contributed by atoms with Crippen LogP contribution >= 0.6 is 11.8 Å². The van der Waals surface area contributed by atoms with Gasteiger partial charge in [0.1, 0.15) is 72.9 Å². The Morgan fingerprint density at radius 1 is 0.390 bits per heavy atom. The quantitative estimate of drug-likeness (QED) is 0.0249. The highest BCUT2D eigenvalue weighted by Crippen LogP contribution is 2.44. The Morgan fingerprint density at radius 3 is 0.988 bits per heavy atom. The molecule has 0 aliphatic carbocycles. The van der Waals surface area contributed by atoms with Gasteiger partial charge in [0.2, 0.25) is 0 Å². The van der Waals surface area contributed by atoms with E-state index in [9.17, 15) is 9.59 Å². The van der Waals surface area contributed by atoms with Gasteiger partial charge in [-0.05, 0) is 162 Å². The fraction of sp³-hybridized carbons (Fsp3) is 0.937. The summed E-state index contributed by atoms with van der Waals surface area (Å²) >= 11 is 1.52. The second kappa shape index (κ2) is 39.2. The van der Waals surface area contributed by atoms with Gasteiger partial charge in [0, 0.05) is 12.8 Å². The van der Waals surface area contributed by atoms with Crippen LogP contribution in [-0.4, -0.2) is 135 Å². The minimum atomic E-state index is -2.31. The first kappa shape index (κ1) is 78.1. The number of allylic oxidation sites excluding steroid dienone is 2. The number of hydrogen-bond acceptors (Lipinski definition) is 13. The van der Waals surface area contributed by atoms with Gasteiger partial charge in [-0.15, -0.1) is 0 Å². The number of ether oxygens (including phenoxy) is 4. The van der Waals surface area contributed by atoms with E-state index in [2.05, 4.69) is 151 Å². The van der Waals surface area contributed by atoms with Gasteiger partial charge in [-0.2, -0.15) is 0 Å². The summed E-state index contributed by atoms with van der Waals surface area (Å²) in [6.07, 6.45) is 28.4. The van der Waals surface area contributed by atoms with Crippen LogP contribution in [0.2, 0.25) is 118 Å². The first-order valence-electron chi connectivity index (χ1n) is 33.1. The van der Waals surface area contributed by atoms with E-state index in [4.69, 9.17) is 45.5 Å². The van der Waals surface area contributed by atoms with E-state index in [-0.39, 0.29) is 25.2 Å². The molecule has 0 unspecified atom stereocenters. The SMILES string of the molecule is CCCCCCCC/C=C\CCCCCCCC(=O)OC[C@H]1O[C@H](S[C@H]2O[C@H](COC(=O)CCCCCCCCCCCC(C)C)[C@@H](O[Si](C)(C)C)[C@H](O[Si](C)(C)C)[C@H]2O[Si](C)(C)C)[C@H](O[Si](C)(C)C)[C@@H](O[Si](C)(C)C)[C@@H]1O[Si](C)(C)C. The fourth-order valence-corrected chi connectivity index (χ4v) is 18.7. The van der Waals surface area contributed by atoms with Crippen molar-refractivity contribution < 1.29 is 55.1 Å². The summed E-state index contributed by atoms with van der Waals surface area (Å²) in [6, 6.07) is 0. The number of carbonyl (C=O) groups excluding carboxylic acids is 2. The van der Waals surface area contributed by atoms with Crippen molar-refractivity contribution >= 4 is 73.6 Å². The van der Waals surface area contributed by atoms with Crippen molar-refractivity contribution in [2.24, 2.45) is 5.92 Å². The molecule has 0 bridgehead atoms. The lowest BCUT2D eigenvalue weighted by molar-refractivity contribution is -0.205. The Balaban J connectivity index is 2.45. The van der Waals surface area contributed by atoms with Crippen molar-refractivity contribution in [3.8, 4) is 0 Å². The molecule has 19 heteroatoms. The van der Waals surface area contributed by atoms with Crippen molar-refractivity contribution in [3.63, 3.8) is 0 Å². The molecule has 2 aliphatic heterocycles. The molecule has 2 aliphatic rings. The first-order valence-corrected chi connectivity index (χ1v) is 54.4. The van der Waals surface area contributed by atoms with E-state index in [1.165, 1.54) is 108 Å². The van der Waals surface area contributed by atoms with E-state index in [1.54, 1.807) is 0 Å². The third-order valence-corrected chi connectivity index (χ3v) is 21.2. The number of thioether (sulfide) groups is 1. The molecule has 2 fully saturated rings. The molecule has 2 saturated heterocycles. The summed E-state index contributed by atoms with van der Waals surface area (Å²) in [4.78, 5) is 27.3. The summed E-state index contributed by atoms with van der Waals surface area (Å²) < 4.78 is 70.5. The van der Waals surface area contributed by atoms with Crippen LogP contribution in [0.3, 0.4) is 0 Å². The van der Waals surface area contributed by atoms with Gasteiger partial charge >= 0.3 is 11.9 Å². The zero-order chi connectivity index (χ0) is 61.8. The molecule has 0 saturated carbocycles. The molecule has 2 rings (SSSR count). The standard InChI is InChI=1S/C63H130O12SSi6/c1-22-23-24-25-26-27-28-29-30-31-32-35-38-41-44-47-54(64)66-49-52-56(70-77(4,5)6)58(72-79(10,11)12)60(74-81(16,17)18)62(68-52)76-63-61(75-82(19,20)21)59(73-80(13,14)15)57(71-78(7,8)9)53(69-63)50-67-55(65)48-45-42-39-36-33-34-37-40-43-46-51(2)3/h29-30,51-53,56-63H,22-28,31-50H2,1-21H3/b30-29-/t52-,53-,56-,57-,58+,59+,60-,61-,62-,63-/m1/s1. The molecule has 0 radical (unpaired) electrons. The minimum absolute atomic E-state index is 0.0202. The van der Waals surface area contributed by atoms with Crippen LogP contribution < -0.4 is 0 Å². The molecule has 0 amide bonds. The Bertz CT molecular complexity index is 1740. The molecule has 82 heavy (non-hydrogen) atoms. The van der Waals surface area contributed by atoms with Gasteiger partial charge < -0.3 is 45.5 Å². The van der Waals surface area contributed by atoms with Crippen molar-refractivity contribution in [2.45, 2.75) is 359 Å². The largest absolute Gasteiger partial charge is 0.463 e. The van der Waals surface area contributed by atoms with Crippen LogP contribution in [0.1, 0.15) is 181 Å². The van der Waals surface area contributed by atoms with Crippen molar-refractivity contribution in [1.82, 2.24) is 0 Å². The highest BCUT2D eigenvalue weighted by atomic mass is 32.2. The molecule has 2 heterocycles. The lowest BCUT2D eigenvalue weighted by Crippen LogP contribution is -2.67. The van der Waals surface area contributed by atoms with Crippen molar-refractivity contribution in [2.75, 3.05) is 13.2 Å². The van der Waals surface area contributed by atoms with E-state index in [0.29, 0.717) is 12.8 Å². The van der Waals surface area contributed by atoms with Crippen LogP contribution in [0, 0.1) is 5.92 Å². The van der Waals surface area contributed by atoms with Crippen LogP contribution in [0.5, 0.6) is 0 Å². The van der Waals surface area contributed by atoms with Crippen LogP contribution in [0.15, 0.2) is 12.2 Å². The summed E-state index contributed by atoms with van der Waals surface area (Å²) in [6.45, 7) is 46.4. The molecule has 10 atom stereocenters. The Kier molecular flexibility index (Phi) is 37.3. The normalized spacial score (nSPS) is 24.4. The second-order valence-electron chi connectivity index (χ2n) is 30.2. The number of unbranched alkanes of at least 4 members (excludes halogenated alkanes) is 19. The van der Waals surface area contributed by atoms with Crippen LogP contribution in [0.25, 0.3) is 0 Å². The highest BCUT2D eigenvalue weighted by Gasteiger charge is 2.57. The molecule has 0 spiro atoms. The van der Waals surface area contributed by atoms with Gasteiger partial charge in [-0.1, -0.05) is 154 Å². The second-order valence-corrected chi connectivity index (χ2v) is 58.2. The van der Waals surface area contributed by atoms with E-state index in [0.717, 1.165) is 57.3 Å². The summed E-state index contributed by atoms with van der Waals surface area (Å²) in [7, 11) is -13.7. The van der Waals surface area contributed by atoms with Crippen LogP contribution in [0.4, 0.5) is 0 Å². The van der Waals surface area contributed by atoms with Gasteiger partial charge in [-0.3, -0.25) is 9.59 Å². The Hall–Kier alpha value is 0.0113. The third-order valence-electron chi connectivity index (χ3n) is 14.0. The lowest BCUT2D eigenvalue weighted by atomic mass is 10.00. The van der Waals surface area contributed by atoms with Gasteiger partial charge in [0.25, 0.3) is 0 Å². The molecular weight excluding hydrogens is 1150 g/mol. The fourth-order valence-electron chi connectivity index (χ4n) is 10.5. The van der Waals surface area contributed by atoms with Gasteiger partial charge in [0.15, 0.2) is 49.9 Å². The highest BCUT2D eigenvalue weighted by molar-refractivity contribution is 8.00. The van der Waals surface area contributed by atoms with Gasteiger partial charge in [-0.25, -0.2) is 0 Å². The smallest absolute Gasteiger partial charge is 0.305 e. The summed E-state index contributed by atoms with van der Waals surface area (Å²) in [5.41, 5.74) is -1.31. The van der Waals surface area contributed by atoms with E-state index in [1.807, 2.05) is 0 Å². The summed E-state index contributed by atoms with van der Waals surface area (Å²) in [5.74, 6) is 0.339. The van der Waals surface area contributed by atoms with Gasteiger partial charge in [0.05, 0.1) is 0 Å². The average molecular weight is 1280 g/mol. The zero-order valence-electron chi connectivity index (χ0n) is 56.9. The maximum atomic E-state index is 13.7. The predicted molar refractivity (Wildman–Crippen MR) is 361 cm³/mol. The number of rotatable bonds is 45. The number of esters is 2. The first-order chi connectivity index (χ1) is 38.1. The maximum absolute atomic E-state index is 13.7. The molecule has 484 valence electrons. The molecule has 0 aromatic rings. The van der Waals surface area contributed by atoms with Crippen molar-refractivity contribution in [3.05, 3.63) is 12.2 Å². The predicted octanol–water partition coefficient (Wildman–Crippen LogP) is 18.6. The monoisotopic (exact) mass is 1280 g/mol. The number of carbonyl (C=O) groups is 2. The van der Waals surface area contributed by atoms with E-state index < -0.39 is 110 Å². The molecule has 0 aromatic carbocycles. The summed E-state index contributed by atoms with van der Waals surface area (Å²) in [5, 5.41) is 0. The number of hydrogen-bond donors (Lipinski definition) is 0. The molecule has 12 nitrogen and oxygen atoms in total. The topological polar surface area (TPSA) is 126 Å². The minimum Gasteiger partial charge on any atom is -0.463 e. The Labute approximate surface area is 515 Å². The average Bonchev–Trinajstić information content (AvgIpc) is 3.51.